The number of hydrogen-bond acceptors (Lipinski definition) is 3. The van der Waals surface area contributed by atoms with Crippen LogP contribution in [0.25, 0.3) is 0 Å². The van der Waals surface area contributed by atoms with Crippen LogP contribution in [0.5, 0.6) is 0 Å². The zero-order valence-corrected chi connectivity index (χ0v) is 14.6. The van der Waals surface area contributed by atoms with Crippen molar-refractivity contribution >= 4 is 23.4 Å². The molecule has 6 heteroatoms. The predicted molar refractivity (Wildman–Crippen MR) is 95.2 cm³/mol. The van der Waals surface area contributed by atoms with Gasteiger partial charge in [-0.3, -0.25) is 14.4 Å². The summed E-state index contributed by atoms with van der Waals surface area (Å²) in [4.78, 5) is 37.9. The molecule has 0 unspecified atom stereocenters. The van der Waals surface area contributed by atoms with E-state index in [4.69, 9.17) is 0 Å². The molecule has 25 heavy (non-hydrogen) atoms. The quantitative estimate of drug-likeness (QED) is 0.814. The molecule has 2 aliphatic rings. The van der Waals surface area contributed by atoms with E-state index in [1.807, 2.05) is 13.0 Å². The van der Waals surface area contributed by atoms with E-state index in [1.165, 1.54) is 11.1 Å². The van der Waals surface area contributed by atoms with E-state index in [2.05, 4.69) is 22.8 Å². The molecule has 1 aliphatic heterocycles. The number of anilines is 1. The zero-order chi connectivity index (χ0) is 17.8. The molecule has 3 amide bonds. The molecule has 1 aromatic rings. The van der Waals surface area contributed by atoms with Crippen LogP contribution < -0.4 is 15.5 Å². The van der Waals surface area contributed by atoms with Gasteiger partial charge in [0.25, 0.3) is 0 Å². The van der Waals surface area contributed by atoms with Crippen molar-refractivity contribution in [3.8, 4) is 0 Å². The van der Waals surface area contributed by atoms with E-state index < -0.39 is 5.92 Å². The van der Waals surface area contributed by atoms with Crippen LogP contribution >= 0.6 is 0 Å². The Morgan fingerprint density at radius 1 is 1.20 bits per heavy atom. The van der Waals surface area contributed by atoms with Crippen LogP contribution in [0.2, 0.25) is 0 Å². The second-order valence-electron chi connectivity index (χ2n) is 6.78. The Hall–Kier alpha value is -2.37. The zero-order valence-electron chi connectivity index (χ0n) is 14.6. The van der Waals surface area contributed by atoms with Gasteiger partial charge in [-0.05, 0) is 48.9 Å². The summed E-state index contributed by atoms with van der Waals surface area (Å²) >= 11 is 0. The Labute approximate surface area is 148 Å². The van der Waals surface area contributed by atoms with Crippen LogP contribution in [0.15, 0.2) is 18.2 Å². The standard InChI is InChI=1S/C19H25N3O3/c1-2-8-20-17(23)11-21-19(25)15-10-18(24)22(12-15)16-7-6-13-4-3-5-14(13)9-16/h6-7,9,15H,2-5,8,10-12H2,1H3,(H,20,23)(H,21,25)/t15-/m1/s1. The second-order valence-corrected chi connectivity index (χ2v) is 6.78. The maximum absolute atomic E-state index is 12.3. The number of rotatable bonds is 6. The Morgan fingerprint density at radius 2 is 2.00 bits per heavy atom. The number of amides is 3. The summed E-state index contributed by atoms with van der Waals surface area (Å²) in [6.45, 7) is 2.90. The van der Waals surface area contributed by atoms with Crippen molar-refractivity contribution in [2.24, 2.45) is 5.92 Å². The third-order valence-electron chi connectivity index (χ3n) is 4.88. The van der Waals surface area contributed by atoms with Gasteiger partial charge in [-0.2, -0.15) is 0 Å². The molecule has 0 radical (unpaired) electrons. The van der Waals surface area contributed by atoms with Crippen molar-refractivity contribution in [3.63, 3.8) is 0 Å². The van der Waals surface area contributed by atoms with Gasteiger partial charge in [0.2, 0.25) is 17.7 Å². The fourth-order valence-electron chi connectivity index (χ4n) is 3.50. The minimum Gasteiger partial charge on any atom is -0.355 e. The molecule has 1 fully saturated rings. The van der Waals surface area contributed by atoms with Gasteiger partial charge in [0.15, 0.2) is 0 Å². The second kappa shape index (κ2) is 7.68. The van der Waals surface area contributed by atoms with E-state index in [-0.39, 0.29) is 30.7 Å². The molecule has 0 saturated carbocycles. The minimum absolute atomic E-state index is 0.0338. The number of carbonyl (C=O) groups excluding carboxylic acids is 3. The number of nitrogens with zero attached hydrogens (tertiary/aromatic N) is 1. The van der Waals surface area contributed by atoms with Crippen molar-refractivity contribution in [1.29, 1.82) is 0 Å². The highest BCUT2D eigenvalue weighted by Gasteiger charge is 2.35. The van der Waals surface area contributed by atoms with Crippen LogP contribution in [0.4, 0.5) is 5.69 Å². The highest BCUT2D eigenvalue weighted by molar-refractivity contribution is 6.00. The molecule has 1 saturated heterocycles. The van der Waals surface area contributed by atoms with E-state index in [0.29, 0.717) is 13.1 Å². The summed E-state index contributed by atoms with van der Waals surface area (Å²) in [5, 5.41) is 5.35. The first-order chi connectivity index (χ1) is 12.1. The molecule has 6 nitrogen and oxygen atoms in total. The summed E-state index contributed by atoms with van der Waals surface area (Å²) in [5.74, 6) is -0.869. The van der Waals surface area contributed by atoms with Crippen molar-refractivity contribution in [2.45, 2.75) is 39.0 Å². The first-order valence-electron chi connectivity index (χ1n) is 9.05. The molecule has 2 N–H and O–H groups in total. The fraction of sp³-hybridized carbons (Fsp3) is 0.526. The van der Waals surface area contributed by atoms with Crippen LogP contribution in [0.1, 0.15) is 37.3 Å². The SMILES string of the molecule is CCCNC(=O)CNC(=O)[C@@H]1CC(=O)N(c2ccc3c(c2)CCC3)C1. The van der Waals surface area contributed by atoms with Gasteiger partial charge in [0.05, 0.1) is 12.5 Å². The summed E-state index contributed by atoms with van der Waals surface area (Å²) in [6, 6.07) is 6.15. The van der Waals surface area contributed by atoms with Gasteiger partial charge in [-0.1, -0.05) is 13.0 Å². The normalized spacial score (nSPS) is 19.0. The van der Waals surface area contributed by atoms with Crippen LogP contribution in [0, 0.1) is 5.92 Å². The fourth-order valence-corrected chi connectivity index (χ4v) is 3.50. The number of carbonyl (C=O) groups is 3. The van der Waals surface area contributed by atoms with Crippen molar-refractivity contribution in [2.75, 3.05) is 24.5 Å². The summed E-state index contributed by atoms with van der Waals surface area (Å²) in [7, 11) is 0. The van der Waals surface area contributed by atoms with Gasteiger partial charge >= 0.3 is 0 Å². The molecule has 1 aromatic carbocycles. The molecule has 0 bridgehead atoms. The average Bonchev–Trinajstić information content (AvgIpc) is 3.23. The van der Waals surface area contributed by atoms with E-state index in [0.717, 1.165) is 31.4 Å². The number of nitrogens with one attached hydrogen (secondary N) is 2. The van der Waals surface area contributed by atoms with Crippen LogP contribution in [-0.2, 0) is 27.2 Å². The highest BCUT2D eigenvalue weighted by Crippen LogP contribution is 2.30. The minimum atomic E-state index is -0.403. The molecule has 0 spiro atoms. The Kier molecular flexibility index (Phi) is 5.36. The molecular weight excluding hydrogens is 318 g/mol. The molecule has 3 rings (SSSR count). The summed E-state index contributed by atoms with van der Waals surface area (Å²) in [5.41, 5.74) is 3.55. The van der Waals surface area contributed by atoms with Gasteiger partial charge in [-0.15, -0.1) is 0 Å². The largest absolute Gasteiger partial charge is 0.355 e. The van der Waals surface area contributed by atoms with Crippen molar-refractivity contribution in [1.82, 2.24) is 10.6 Å². The third-order valence-corrected chi connectivity index (χ3v) is 4.88. The van der Waals surface area contributed by atoms with Gasteiger partial charge in [0, 0.05) is 25.2 Å². The molecule has 1 atom stereocenters. The van der Waals surface area contributed by atoms with Crippen LogP contribution in [0.3, 0.4) is 0 Å². The number of fused-ring (bicyclic) bond motifs is 1. The Morgan fingerprint density at radius 3 is 2.80 bits per heavy atom. The predicted octanol–water partition coefficient (Wildman–Crippen LogP) is 1.17. The van der Waals surface area contributed by atoms with Gasteiger partial charge in [-0.25, -0.2) is 0 Å². The van der Waals surface area contributed by atoms with Crippen molar-refractivity contribution < 1.29 is 14.4 Å². The van der Waals surface area contributed by atoms with Gasteiger partial charge < -0.3 is 15.5 Å². The number of aryl methyl sites for hydroxylation is 2. The molecular formula is C19H25N3O3. The highest BCUT2D eigenvalue weighted by atomic mass is 16.2. The smallest absolute Gasteiger partial charge is 0.239 e. The Bertz CT molecular complexity index is 686. The van der Waals surface area contributed by atoms with E-state index in [1.54, 1.807) is 4.90 Å². The molecule has 0 aromatic heterocycles. The first kappa shape index (κ1) is 17.5. The lowest BCUT2D eigenvalue weighted by Crippen LogP contribution is -2.40. The Balaban J connectivity index is 1.57. The average molecular weight is 343 g/mol. The lowest BCUT2D eigenvalue weighted by molar-refractivity contribution is -0.128. The lowest BCUT2D eigenvalue weighted by Gasteiger charge is -2.18. The van der Waals surface area contributed by atoms with E-state index >= 15 is 0 Å². The molecule has 1 heterocycles. The first-order valence-corrected chi connectivity index (χ1v) is 9.05. The number of hydrogen-bond donors (Lipinski definition) is 2. The van der Waals surface area contributed by atoms with Gasteiger partial charge in [0.1, 0.15) is 0 Å². The van der Waals surface area contributed by atoms with Crippen molar-refractivity contribution in [3.05, 3.63) is 29.3 Å². The molecule has 1 aliphatic carbocycles. The number of benzene rings is 1. The molecule has 134 valence electrons. The monoisotopic (exact) mass is 343 g/mol. The van der Waals surface area contributed by atoms with E-state index in [9.17, 15) is 14.4 Å². The maximum atomic E-state index is 12.3. The lowest BCUT2D eigenvalue weighted by atomic mass is 10.1. The topological polar surface area (TPSA) is 78.5 Å². The van der Waals surface area contributed by atoms with Crippen LogP contribution in [-0.4, -0.2) is 37.4 Å². The maximum Gasteiger partial charge on any atom is 0.239 e. The summed E-state index contributed by atoms with van der Waals surface area (Å²) < 4.78 is 0. The third kappa shape index (κ3) is 4.00. The summed E-state index contributed by atoms with van der Waals surface area (Å²) in [6.07, 6.45) is 4.38.